The van der Waals surface area contributed by atoms with Crippen molar-refractivity contribution in [1.82, 2.24) is 9.88 Å². The molecule has 0 aliphatic carbocycles. The third kappa shape index (κ3) is 2.75. The Labute approximate surface area is 130 Å². The Morgan fingerprint density at radius 2 is 2.14 bits per heavy atom. The van der Waals surface area contributed by atoms with Crippen molar-refractivity contribution in [3.8, 4) is 0 Å². The van der Waals surface area contributed by atoms with Crippen LogP contribution < -0.4 is 5.32 Å². The number of amides is 1. The molecular weight excluding hydrogens is 278 g/mol. The van der Waals surface area contributed by atoms with Gasteiger partial charge in [-0.05, 0) is 32.9 Å². The normalized spacial score (nSPS) is 14.8. The van der Waals surface area contributed by atoms with Crippen molar-refractivity contribution in [2.24, 2.45) is 0 Å². The molecular formula is C17H23N3O2. The molecule has 3 rings (SSSR count). The summed E-state index contributed by atoms with van der Waals surface area (Å²) in [5.41, 5.74) is 4.16. The van der Waals surface area contributed by atoms with E-state index in [0.29, 0.717) is 13.1 Å². The van der Waals surface area contributed by atoms with Crippen molar-refractivity contribution < 1.29 is 9.53 Å². The molecule has 1 aliphatic heterocycles. The van der Waals surface area contributed by atoms with Crippen molar-refractivity contribution in [2.75, 3.05) is 18.9 Å². The Morgan fingerprint density at radius 3 is 2.82 bits per heavy atom. The first-order chi connectivity index (χ1) is 10.4. The summed E-state index contributed by atoms with van der Waals surface area (Å²) >= 11 is 0. The minimum atomic E-state index is -0.459. The zero-order valence-electron chi connectivity index (χ0n) is 13.6. The number of H-pyrrole nitrogens is 1. The summed E-state index contributed by atoms with van der Waals surface area (Å²) in [7, 11) is 1.91. The second kappa shape index (κ2) is 5.23. The first-order valence-electron chi connectivity index (χ1n) is 7.66. The quantitative estimate of drug-likeness (QED) is 0.847. The number of nitrogens with zero attached hydrogens (tertiary/aromatic N) is 1. The van der Waals surface area contributed by atoms with E-state index in [9.17, 15) is 4.79 Å². The molecule has 0 radical (unpaired) electrons. The standard InChI is InChI=1S/C17H23N3O2/c1-17(2,3)22-16(21)20-8-7-14-13(10-20)12-6-5-11(18-4)9-15(12)19-14/h5-6,9,18-19H,7-8,10H2,1-4H3. The molecule has 5 nitrogen and oxygen atoms in total. The molecule has 2 aromatic rings. The van der Waals surface area contributed by atoms with Gasteiger partial charge in [0, 0.05) is 47.9 Å². The summed E-state index contributed by atoms with van der Waals surface area (Å²) < 4.78 is 5.48. The molecule has 2 heterocycles. The lowest BCUT2D eigenvalue weighted by molar-refractivity contribution is 0.0224. The average molecular weight is 301 g/mol. The van der Waals surface area contributed by atoms with E-state index in [1.165, 1.54) is 16.6 Å². The van der Waals surface area contributed by atoms with Gasteiger partial charge in [0.1, 0.15) is 5.60 Å². The summed E-state index contributed by atoms with van der Waals surface area (Å²) in [4.78, 5) is 17.5. The number of aromatic amines is 1. The number of carbonyl (C=O) groups excluding carboxylic acids is 1. The van der Waals surface area contributed by atoms with Gasteiger partial charge < -0.3 is 19.9 Å². The molecule has 0 unspecified atom stereocenters. The predicted molar refractivity (Wildman–Crippen MR) is 88.2 cm³/mol. The lowest BCUT2D eigenvalue weighted by atomic mass is 10.0. The van der Waals surface area contributed by atoms with Gasteiger partial charge >= 0.3 is 6.09 Å². The number of aromatic nitrogens is 1. The third-order valence-electron chi connectivity index (χ3n) is 3.92. The highest BCUT2D eigenvalue weighted by Crippen LogP contribution is 2.30. The van der Waals surface area contributed by atoms with Crippen LogP contribution in [-0.2, 0) is 17.7 Å². The van der Waals surface area contributed by atoms with E-state index in [1.54, 1.807) is 4.90 Å². The number of fused-ring (bicyclic) bond motifs is 3. The van der Waals surface area contributed by atoms with Crippen molar-refractivity contribution in [2.45, 2.75) is 39.3 Å². The van der Waals surface area contributed by atoms with Crippen LogP contribution in [0.2, 0.25) is 0 Å². The van der Waals surface area contributed by atoms with Crippen molar-refractivity contribution in [1.29, 1.82) is 0 Å². The number of carbonyl (C=O) groups is 1. The summed E-state index contributed by atoms with van der Waals surface area (Å²) in [6.45, 7) is 6.97. The summed E-state index contributed by atoms with van der Waals surface area (Å²) in [5, 5.41) is 4.33. The number of benzene rings is 1. The van der Waals surface area contributed by atoms with Gasteiger partial charge in [-0.3, -0.25) is 0 Å². The van der Waals surface area contributed by atoms with Crippen molar-refractivity contribution in [3.05, 3.63) is 29.5 Å². The summed E-state index contributed by atoms with van der Waals surface area (Å²) in [6, 6.07) is 6.27. The van der Waals surface area contributed by atoms with Gasteiger partial charge in [0.25, 0.3) is 0 Å². The zero-order valence-corrected chi connectivity index (χ0v) is 13.6. The second-order valence-corrected chi connectivity index (χ2v) is 6.74. The molecule has 5 heteroatoms. The van der Waals surface area contributed by atoms with E-state index in [2.05, 4.69) is 28.5 Å². The maximum Gasteiger partial charge on any atom is 0.410 e. The fourth-order valence-corrected chi connectivity index (χ4v) is 2.86. The molecule has 0 saturated heterocycles. The zero-order chi connectivity index (χ0) is 15.9. The number of anilines is 1. The van der Waals surface area contributed by atoms with E-state index in [4.69, 9.17) is 4.74 Å². The fourth-order valence-electron chi connectivity index (χ4n) is 2.86. The number of ether oxygens (including phenoxy) is 1. The van der Waals surface area contributed by atoms with Gasteiger partial charge in [0.05, 0.1) is 6.54 Å². The van der Waals surface area contributed by atoms with Crippen LogP contribution in [0.5, 0.6) is 0 Å². The van der Waals surface area contributed by atoms with Crippen LogP contribution >= 0.6 is 0 Å². The largest absolute Gasteiger partial charge is 0.444 e. The van der Waals surface area contributed by atoms with E-state index in [1.807, 2.05) is 27.8 Å². The maximum atomic E-state index is 12.3. The molecule has 2 N–H and O–H groups in total. The molecule has 1 aromatic heterocycles. The van der Waals surface area contributed by atoms with Gasteiger partial charge in [-0.1, -0.05) is 6.07 Å². The Balaban J connectivity index is 1.87. The van der Waals surface area contributed by atoms with Gasteiger partial charge in [-0.15, -0.1) is 0 Å². The highest BCUT2D eigenvalue weighted by Gasteiger charge is 2.27. The fraction of sp³-hybridized carbons (Fsp3) is 0.471. The minimum Gasteiger partial charge on any atom is -0.444 e. The summed E-state index contributed by atoms with van der Waals surface area (Å²) in [6.07, 6.45) is 0.595. The molecule has 0 bridgehead atoms. The van der Waals surface area contributed by atoms with Crippen LogP contribution in [0.25, 0.3) is 10.9 Å². The molecule has 1 amide bonds. The van der Waals surface area contributed by atoms with E-state index in [-0.39, 0.29) is 6.09 Å². The molecule has 118 valence electrons. The maximum absolute atomic E-state index is 12.3. The topological polar surface area (TPSA) is 57.4 Å². The SMILES string of the molecule is CNc1ccc2c3c([nH]c2c1)CCN(C(=O)OC(C)(C)C)C3. The van der Waals surface area contributed by atoms with Crippen molar-refractivity contribution >= 4 is 22.7 Å². The van der Waals surface area contributed by atoms with Gasteiger partial charge in [0.15, 0.2) is 0 Å². The smallest absolute Gasteiger partial charge is 0.410 e. The first kappa shape index (κ1) is 14.8. The lowest BCUT2D eigenvalue weighted by Gasteiger charge is -2.30. The highest BCUT2D eigenvalue weighted by molar-refractivity contribution is 5.88. The van der Waals surface area contributed by atoms with Crippen LogP contribution in [0.1, 0.15) is 32.0 Å². The number of rotatable bonds is 1. The Hall–Kier alpha value is -2.17. The average Bonchev–Trinajstić information content (AvgIpc) is 2.81. The molecule has 0 spiro atoms. The molecule has 1 aromatic carbocycles. The van der Waals surface area contributed by atoms with Crippen LogP contribution in [-0.4, -0.2) is 35.2 Å². The Morgan fingerprint density at radius 1 is 1.36 bits per heavy atom. The molecule has 1 aliphatic rings. The molecule has 0 fully saturated rings. The minimum absolute atomic E-state index is 0.237. The predicted octanol–water partition coefficient (Wildman–Crippen LogP) is 3.50. The third-order valence-corrected chi connectivity index (χ3v) is 3.92. The Bertz CT molecular complexity index is 712. The molecule has 0 atom stereocenters. The van der Waals surface area contributed by atoms with Gasteiger partial charge in [0.2, 0.25) is 0 Å². The van der Waals surface area contributed by atoms with Gasteiger partial charge in [-0.2, -0.15) is 0 Å². The Kier molecular flexibility index (Phi) is 3.51. The van der Waals surface area contributed by atoms with Gasteiger partial charge in [-0.25, -0.2) is 4.79 Å². The van der Waals surface area contributed by atoms with Crippen LogP contribution in [0, 0.1) is 0 Å². The lowest BCUT2D eigenvalue weighted by Crippen LogP contribution is -2.39. The van der Waals surface area contributed by atoms with Crippen LogP contribution in [0.15, 0.2) is 18.2 Å². The monoisotopic (exact) mass is 301 g/mol. The molecule has 0 saturated carbocycles. The van der Waals surface area contributed by atoms with E-state index in [0.717, 1.165) is 17.6 Å². The van der Waals surface area contributed by atoms with E-state index < -0.39 is 5.60 Å². The number of nitrogens with one attached hydrogen (secondary N) is 2. The number of hydrogen-bond donors (Lipinski definition) is 2. The molecule has 22 heavy (non-hydrogen) atoms. The second-order valence-electron chi connectivity index (χ2n) is 6.74. The van der Waals surface area contributed by atoms with Crippen LogP contribution in [0.4, 0.5) is 10.5 Å². The highest BCUT2D eigenvalue weighted by atomic mass is 16.6. The van der Waals surface area contributed by atoms with Crippen molar-refractivity contribution in [3.63, 3.8) is 0 Å². The number of hydrogen-bond acceptors (Lipinski definition) is 3. The first-order valence-corrected chi connectivity index (χ1v) is 7.66. The van der Waals surface area contributed by atoms with E-state index >= 15 is 0 Å². The summed E-state index contributed by atoms with van der Waals surface area (Å²) in [5.74, 6) is 0. The van der Waals surface area contributed by atoms with Crippen LogP contribution in [0.3, 0.4) is 0 Å².